The quantitative estimate of drug-likeness (QED) is 0.451. The third-order valence-corrected chi connectivity index (χ3v) is 6.92. The maximum atomic E-state index is 15.3. The molecule has 0 saturated carbocycles. The number of hydrogen-bond acceptors (Lipinski definition) is 7. The first-order valence-electron chi connectivity index (χ1n) is 11.7. The minimum Gasteiger partial charge on any atom is -0.489 e. The molecule has 1 aromatic carbocycles. The minimum atomic E-state index is -0.312. The fraction of sp³-hybridized carbons (Fsp3) is 0.400. The molecular weight excluding hydrogens is 433 g/mol. The number of rotatable bonds is 5. The van der Waals surface area contributed by atoms with Crippen molar-refractivity contribution in [2.24, 2.45) is 5.92 Å². The Hall–Kier alpha value is -3.46. The van der Waals surface area contributed by atoms with E-state index in [1.807, 2.05) is 30.5 Å². The first-order valence-corrected chi connectivity index (χ1v) is 11.7. The third kappa shape index (κ3) is 3.79. The van der Waals surface area contributed by atoms with Crippen LogP contribution in [0.1, 0.15) is 29.9 Å². The van der Waals surface area contributed by atoms with Gasteiger partial charge in [-0.15, -0.1) is 5.10 Å². The predicted molar refractivity (Wildman–Crippen MR) is 125 cm³/mol. The number of hydrogen-bond donors (Lipinski definition) is 0. The van der Waals surface area contributed by atoms with Crippen LogP contribution >= 0.6 is 0 Å². The van der Waals surface area contributed by atoms with Crippen LogP contribution in [0.3, 0.4) is 0 Å². The number of aryl methyl sites for hydroxylation is 2. The Morgan fingerprint density at radius 2 is 1.94 bits per heavy atom. The Morgan fingerprint density at radius 3 is 2.65 bits per heavy atom. The second kappa shape index (κ2) is 8.39. The molecule has 0 N–H and O–H groups in total. The van der Waals surface area contributed by atoms with Gasteiger partial charge in [0, 0.05) is 24.4 Å². The van der Waals surface area contributed by atoms with Crippen molar-refractivity contribution in [1.29, 1.82) is 0 Å². The molecule has 0 spiro atoms. The number of piperidine rings is 3. The van der Waals surface area contributed by atoms with Crippen molar-refractivity contribution < 1.29 is 9.13 Å². The van der Waals surface area contributed by atoms with Crippen molar-refractivity contribution in [2.45, 2.75) is 39.3 Å². The highest BCUT2D eigenvalue weighted by molar-refractivity contribution is 5.78. The van der Waals surface area contributed by atoms with Crippen LogP contribution in [-0.4, -0.2) is 60.4 Å². The number of nitrogens with zero attached hydrogens (tertiary/aromatic N) is 7. The SMILES string of the molecule is Cc1nc(C)c2nc(-c3cccnn3)n(Cc3ccc(OC4CN5CCC4CC5)cc3F)c2n1. The maximum absolute atomic E-state index is 15.3. The van der Waals surface area contributed by atoms with E-state index in [4.69, 9.17) is 9.72 Å². The van der Waals surface area contributed by atoms with Crippen molar-refractivity contribution in [3.8, 4) is 17.3 Å². The van der Waals surface area contributed by atoms with Gasteiger partial charge in [0.05, 0.1) is 12.2 Å². The Bertz CT molecular complexity index is 1350. The molecule has 3 aliphatic rings. The first-order chi connectivity index (χ1) is 16.5. The Labute approximate surface area is 196 Å². The summed E-state index contributed by atoms with van der Waals surface area (Å²) >= 11 is 0. The molecule has 2 bridgehead atoms. The number of benzene rings is 1. The van der Waals surface area contributed by atoms with E-state index in [1.54, 1.807) is 18.3 Å². The van der Waals surface area contributed by atoms with E-state index in [2.05, 4.69) is 25.1 Å². The summed E-state index contributed by atoms with van der Waals surface area (Å²) in [5.74, 6) is 2.05. The third-order valence-electron chi connectivity index (χ3n) is 6.92. The number of ether oxygens (including phenoxy) is 1. The Balaban J connectivity index is 1.34. The van der Waals surface area contributed by atoms with Crippen LogP contribution < -0.4 is 4.74 Å². The molecule has 3 aliphatic heterocycles. The van der Waals surface area contributed by atoms with Gasteiger partial charge in [0.25, 0.3) is 0 Å². The second-order valence-electron chi connectivity index (χ2n) is 9.21. The summed E-state index contributed by atoms with van der Waals surface area (Å²) in [6, 6.07) is 8.79. The molecule has 174 valence electrons. The molecule has 4 aromatic rings. The molecule has 3 saturated heterocycles. The minimum absolute atomic E-state index is 0.135. The fourth-order valence-corrected chi connectivity index (χ4v) is 5.16. The van der Waals surface area contributed by atoms with E-state index in [9.17, 15) is 0 Å². The molecular formula is C25H26FN7O. The fourth-order valence-electron chi connectivity index (χ4n) is 5.16. The van der Waals surface area contributed by atoms with Crippen molar-refractivity contribution in [3.05, 3.63) is 59.4 Å². The molecule has 3 fully saturated rings. The van der Waals surface area contributed by atoms with Crippen molar-refractivity contribution in [3.63, 3.8) is 0 Å². The lowest BCUT2D eigenvalue weighted by atomic mass is 9.86. The average molecular weight is 460 g/mol. The Kier molecular flexibility index (Phi) is 5.21. The van der Waals surface area contributed by atoms with Gasteiger partial charge in [-0.05, 0) is 63.9 Å². The summed E-state index contributed by atoms with van der Waals surface area (Å²) in [6.07, 6.45) is 4.06. The van der Waals surface area contributed by atoms with Gasteiger partial charge in [-0.3, -0.25) is 4.90 Å². The summed E-state index contributed by atoms with van der Waals surface area (Å²) in [4.78, 5) is 16.2. The van der Waals surface area contributed by atoms with Gasteiger partial charge in [-0.1, -0.05) is 6.07 Å². The molecule has 9 heteroatoms. The molecule has 8 nitrogen and oxygen atoms in total. The lowest BCUT2D eigenvalue weighted by molar-refractivity contribution is -0.00789. The zero-order chi connectivity index (χ0) is 23.2. The highest BCUT2D eigenvalue weighted by Crippen LogP contribution is 2.32. The standard InChI is InChI=1S/C25H26FN7O/c1-15-23-25(29-16(2)28-15)33(24(30-23)21-4-3-9-27-31-21)13-18-5-6-19(12-20(18)26)34-22-14-32-10-7-17(22)8-11-32/h3-6,9,12,17,22H,7-8,10-11,13-14H2,1-2H3. The highest BCUT2D eigenvalue weighted by Gasteiger charge is 2.35. The summed E-state index contributed by atoms with van der Waals surface area (Å²) in [5, 5.41) is 8.21. The van der Waals surface area contributed by atoms with Crippen LogP contribution in [0.4, 0.5) is 4.39 Å². The molecule has 0 aliphatic carbocycles. The number of halogens is 1. The molecule has 7 rings (SSSR count). The summed E-state index contributed by atoms with van der Waals surface area (Å²) in [6.45, 7) is 7.21. The summed E-state index contributed by atoms with van der Waals surface area (Å²) in [7, 11) is 0. The summed E-state index contributed by atoms with van der Waals surface area (Å²) < 4.78 is 23.4. The topological polar surface area (TPSA) is 81.8 Å². The summed E-state index contributed by atoms with van der Waals surface area (Å²) in [5.41, 5.74) is 3.22. The first kappa shape index (κ1) is 21.1. The molecule has 34 heavy (non-hydrogen) atoms. The maximum Gasteiger partial charge on any atom is 0.164 e. The number of aromatic nitrogens is 6. The van der Waals surface area contributed by atoms with Crippen molar-refractivity contribution in [1.82, 2.24) is 34.6 Å². The molecule has 1 unspecified atom stereocenters. The van der Waals surface area contributed by atoms with E-state index in [-0.39, 0.29) is 18.5 Å². The van der Waals surface area contributed by atoms with Crippen LogP contribution in [-0.2, 0) is 6.54 Å². The van der Waals surface area contributed by atoms with Crippen LogP contribution in [0.5, 0.6) is 5.75 Å². The normalized spacial score (nSPS) is 21.8. The molecule has 0 amide bonds. The van der Waals surface area contributed by atoms with Crippen LogP contribution in [0, 0.1) is 25.6 Å². The van der Waals surface area contributed by atoms with Gasteiger partial charge in [0.15, 0.2) is 11.5 Å². The molecule has 1 atom stereocenters. The van der Waals surface area contributed by atoms with Crippen LogP contribution in [0.2, 0.25) is 0 Å². The van der Waals surface area contributed by atoms with Crippen molar-refractivity contribution in [2.75, 3.05) is 19.6 Å². The largest absolute Gasteiger partial charge is 0.489 e. The second-order valence-corrected chi connectivity index (χ2v) is 9.21. The molecule has 3 aromatic heterocycles. The van der Waals surface area contributed by atoms with E-state index in [1.165, 1.54) is 6.07 Å². The van der Waals surface area contributed by atoms with Gasteiger partial charge in [0.1, 0.15) is 34.7 Å². The van der Waals surface area contributed by atoms with Crippen LogP contribution in [0.15, 0.2) is 36.5 Å². The van der Waals surface area contributed by atoms with Gasteiger partial charge in [-0.2, -0.15) is 5.10 Å². The highest BCUT2D eigenvalue weighted by atomic mass is 19.1. The van der Waals surface area contributed by atoms with Gasteiger partial charge in [-0.25, -0.2) is 19.3 Å². The monoisotopic (exact) mass is 459 g/mol. The Morgan fingerprint density at radius 1 is 1.09 bits per heavy atom. The lowest BCUT2D eigenvalue weighted by Gasteiger charge is -2.44. The van der Waals surface area contributed by atoms with Crippen molar-refractivity contribution >= 4 is 11.2 Å². The predicted octanol–water partition coefficient (Wildman–Crippen LogP) is 3.56. The van der Waals surface area contributed by atoms with E-state index >= 15 is 4.39 Å². The van der Waals surface area contributed by atoms with E-state index < -0.39 is 0 Å². The van der Waals surface area contributed by atoms with Gasteiger partial charge >= 0.3 is 0 Å². The van der Waals surface area contributed by atoms with Gasteiger partial charge < -0.3 is 9.30 Å². The van der Waals surface area contributed by atoms with Crippen LogP contribution in [0.25, 0.3) is 22.7 Å². The number of imidazole rings is 1. The average Bonchev–Trinajstić information content (AvgIpc) is 3.21. The smallest absolute Gasteiger partial charge is 0.164 e. The molecule has 6 heterocycles. The molecule has 0 radical (unpaired) electrons. The lowest BCUT2D eigenvalue weighted by Crippen LogP contribution is -2.52. The zero-order valence-electron chi connectivity index (χ0n) is 19.3. The van der Waals surface area contributed by atoms with Gasteiger partial charge in [0.2, 0.25) is 0 Å². The van der Waals surface area contributed by atoms with E-state index in [0.717, 1.165) is 38.2 Å². The zero-order valence-corrected chi connectivity index (χ0v) is 19.3. The van der Waals surface area contributed by atoms with E-state index in [0.29, 0.717) is 45.7 Å². The number of fused-ring (bicyclic) bond motifs is 4.